The van der Waals surface area contributed by atoms with Gasteiger partial charge in [0.05, 0.1) is 6.04 Å². The van der Waals surface area contributed by atoms with Gasteiger partial charge in [0.15, 0.2) is 0 Å². The first-order valence-corrected chi connectivity index (χ1v) is 8.50. The lowest BCUT2D eigenvalue weighted by molar-refractivity contribution is 0.0610. The third-order valence-corrected chi connectivity index (χ3v) is 5.27. The maximum absolute atomic E-state index is 12.5. The summed E-state index contributed by atoms with van der Waals surface area (Å²) in [5.74, 6) is 0.0150. The Morgan fingerprint density at radius 3 is 2.52 bits per heavy atom. The molecule has 1 aliphatic rings. The second-order valence-electron chi connectivity index (χ2n) is 6.14. The van der Waals surface area contributed by atoms with E-state index >= 15 is 0 Å². The summed E-state index contributed by atoms with van der Waals surface area (Å²) in [6.45, 7) is 8.45. The first-order chi connectivity index (χ1) is 9.90. The molecule has 0 radical (unpaired) electrons. The standard InChI is InChI=1S/C15H26N4OS/c1-10(2)19-7-5-12(6-8-19)18(4)15(20)13-9-21-14(17-13)11(3)16/h9-12H,5-8,16H2,1-4H3. The molecule has 6 heteroatoms. The Bertz CT molecular complexity index is 478. The fourth-order valence-corrected chi connectivity index (χ4v) is 3.48. The molecule has 0 aliphatic carbocycles. The largest absolute Gasteiger partial charge is 0.337 e. The predicted octanol–water partition coefficient (Wildman–Crippen LogP) is 2.11. The van der Waals surface area contributed by atoms with Crippen LogP contribution in [0.1, 0.15) is 55.2 Å². The lowest BCUT2D eigenvalue weighted by Gasteiger charge is -2.38. The van der Waals surface area contributed by atoms with Crippen LogP contribution in [0.3, 0.4) is 0 Å². The number of likely N-dealkylation sites (tertiary alicyclic amines) is 1. The number of thiazole rings is 1. The lowest BCUT2D eigenvalue weighted by atomic mass is 10.0. The fourth-order valence-electron chi connectivity index (χ4n) is 2.73. The molecule has 5 nitrogen and oxygen atoms in total. The average Bonchev–Trinajstić information content (AvgIpc) is 2.96. The van der Waals surface area contributed by atoms with Crippen LogP contribution in [0.25, 0.3) is 0 Å². The number of nitrogens with zero attached hydrogens (tertiary/aromatic N) is 3. The molecule has 0 spiro atoms. The SMILES string of the molecule is CC(N)c1nc(C(=O)N(C)C2CCN(C(C)C)CC2)cs1. The summed E-state index contributed by atoms with van der Waals surface area (Å²) >= 11 is 1.46. The van der Waals surface area contributed by atoms with Crippen LogP contribution in [-0.4, -0.2) is 52.9 Å². The van der Waals surface area contributed by atoms with Crippen LogP contribution >= 0.6 is 11.3 Å². The highest BCUT2D eigenvalue weighted by atomic mass is 32.1. The number of piperidine rings is 1. The molecular formula is C15H26N4OS. The molecule has 2 N–H and O–H groups in total. The first kappa shape index (κ1) is 16.4. The molecule has 1 unspecified atom stereocenters. The smallest absolute Gasteiger partial charge is 0.273 e. The molecule has 2 rings (SSSR count). The summed E-state index contributed by atoms with van der Waals surface area (Å²) in [4.78, 5) is 21.2. The highest BCUT2D eigenvalue weighted by Crippen LogP contribution is 2.21. The predicted molar refractivity (Wildman–Crippen MR) is 86.5 cm³/mol. The van der Waals surface area contributed by atoms with Crippen molar-refractivity contribution in [2.75, 3.05) is 20.1 Å². The normalized spacial score (nSPS) is 19.0. The van der Waals surface area contributed by atoms with E-state index in [-0.39, 0.29) is 11.9 Å². The molecule has 0 bridgehead atoms. The summed E-state index contributed by atoms with van der Waals surface area (Å²) in [5.41, 5.74) is 6.34. The molecular weight excluding hydrogens is 284 g/mol. The highest BCUT2D eigenvalue weighted by Gasteiger charge is 2.27. The Balaban J connectivity index is 1.96. The van der Waals surface area contributed by atoms with E-state index in [2.05, 4.69) is 23.7 Å². The van der Waals surface area contributed by atoms with E-state index in [1.807, 2.05) is 24.3 Å². The van der Waals surface area contributed by atoms with Crippen molar-refractivity contribution in [2.24, 2.45) is 5.73 Å². The summed E-state index contributed by atoms with van der Waals surface area (Å²) in [6.07, 6.45) is 2.06. The van der Waals surface area contributed by atoms with Gasteiger partial charge in [-0.1, -0.05) is 0 Å². The van der Waals surface area contributed by atoms with Gasteiger partial charge in [0.25, 0.3) is 5.91 Å². The molecule has 1 aliphatic heterocycles. The minimum absolute atomic E-state index is 0.0150. The molecule has 1 aromatic heterocycles. The quantitative estimate of drug-likeness (QED) is 0.925. The first-order valence-electron chi connectivity index (χ1n) is 7.62. The number of nitrogens with two attached hydrogens (primary N) is 1. The van der Waals surface area contributed by atoms with Crippen molar-refractivity contribution >= 4 is 17.2 Å². The van der Waals surface area contributed by atoms with E-state index in [0.29, 0.717) is 17.8 Å². The van der Waals surface area contributed by atoms with Crippen molar-refractivity contribution < 1.29 is 4.79 Å². The van der Waals surface area contributed by atoms with E-state index in [0.717, 1.165) is 30.9 Å². The molecule has 1 fully saturated rings. The van der Waals surface area contributed by atoms with Gasteiger partial charge in [0.1, 0.15) is 10.7 Å². The van der Waals surface area contributed by atoms with Crippen molar-refractivity contribution in [3.05, 3.63) is 16.1 Å². The summed E-state index contributed by atoms with van der Waals surface area (Å²) < 4.78 is 0. The van der Waals surface area contributed by atoms with Crippen LogP contribution in [0.4, 0.5) is 0 Å². The average molecular weight is 310 g/mol. The Morgan fingerprint density at radius 1 is 1.43 bits per heavy atom. The van der Waals surface area contributed by atoms with Gasteiger partial charge in [-0.2, -0.15) is 0 Å². The summed E-state index contributed by atoms with van der Waals surface area (Å²) in [5, 5.41) is 2.64. The van der Waals surface area contributed by atoms with Gasteiger partial charge in [-0.3, -0.25) is 4.79 Å². The van der Waals surface area contributed by atoms with E-state index in [1.165, 1.54) is 11.3 Å². The molecule has 118 valence electrons. The van der Waals surface area contributed by atoms with Crippen molar-refractivity contribution in [3.63, 3.8) is 0 Å². The second-order valence-corrected chi connectivity index (χ2v) is 7.03. The van der Waals surface area contributed by atoms with Gasteiger partial charge >= 0.3 is 0 Å². The van der Waals surface area contributed by atoms with E-state index in [1.54, 1.807) is 0 Å². The number of aromatic nitrogens is 1. The van der Waals surface area contributed by atoms with Crippen LogP contribution in [0.2, 0.25) is 0 Å². The molecule has 1 atom stereocenters. The molecule has 21 heavy (non-hydrogen) atoms. The van der Waals surface area contributed by atoms with Crippen LogP contribution < -0.4 is 5.73 Å². The lowest BCUT2D eigenvalue weighted by Crippen LogP contribution is -2.47. The van der Waals surface area contributed by atoms with E-state index in [4.69, 9.17) is 5.73 Å². The maximum Gasteiger partial charge on any atom is 0.273 e. The van der Waals surface area contributed by atoms with Crippen LogP contribution in [0.15, 0.2) is 5.38 Å². The topological polar surface area (TPSA) is 62.5 Å². The van der Waals surface area contributed by atoms with Crippen molar-refractivity contribution in [1.29, 1.82) is 0 Å². The number of rotatable bonds is 4. The van der Waals surface area contributed by atoms with Crippen LogP contribution in [0.5, 0.6) is 0 Å². The van der Waals surface area contributed by atoms with E-state index in [9.17, 15) is 4.79 Å². The number of carbonyl (C=O) groups excluding carboxylic acids is 1. The van der Waals surface area contributed by atoms with Gasteiger partial charge in [0.2, 0.25) is 0 Å². The van der Waals surface area contributed by atoms with Crippen molar-refractivity contribution in [3.8, 4) is 0 Å². The zero-order valence-electron chi connectivity index (χ0n) is 13.4. The third kappa shape index (κ3) is 3.81. The van der Waals surface area contributed by atoms with Crippen LogP contribution in [-0.2, 0) is 0 Å². The van der Waals surface area contributed by atoms with Gasteiger partial charge in [-0.25, -0.2) is 4.98 Å². The minimum Gasteiger partial charge on any atom is -0.337 e. The van der Waals surface area contributed by atoms with Gasteiger partial charge < -0.3 is 15.5 Å². The molecule has 0 saturated carbocycles. The van der Waals surface area contributed by atoms with Crippen molar-refractivity contribution in [1.82, 2.24) is 14.8 Å². The number of hydrogen-bond acceptors (Lipinski definition) is 5. The number of carbonyl (C=O) groups is 1. The zero-order valence-corrected chi connectivity index (χ0v) is 14.2. The molecule has 1 aromatic rings. The Labute approximate surface area is 131 Å². The maximum atomic E-state index is 12.5. The molecule has 0 aromatic carbocycles. The highest BCUT2D eigenvalue weighted by molar-refractivity contribution is 7.09. The monoisotopic (exact) mass is 310 g/mol. The Kier molecular flexibility index (Phi) is 5.35. The van der Waals surface area contributed by atoms with Gasteiger partial charge in [-0.05, 0) is 33.6 Å². The van der Waals surface area contributed by atoms with Crippen molar-refractivity contribution in [2.45, 2.75) is 51.7 Å². The number of hydrogen-bond donors (Lipinski definition) is 1. The minimum atomic E-state index is -0.115. The van der Waals surface area contributed by atoms with Gasteiger partial charge in [-0.15, -0.1) is 11.3 Å². The molecule has 2 heterocycles. The van der Waals surface area contributed by atoms with E-state index < -0.39 is 0 Å². The second kappa shape index (κ2) is 6.85. The third-order valence-electron chi connectivity index (χ3n) is 4.23. The van der Waals surface area contributed by atoms with Gasteiger partial charge in [0, 0.05) is 37.6 Å². The molecule has 1 amide bonds. The molecule has 1 saturated heterocycles. The fraction of sp³-hybridized carbons (Fsp3) is 0.733. The zero-order chi connectivity index (χ0) is 15.6. The Morgan fingerprint density at radius 2 is 2.05 bits per heavy atom. The summed E-state index contributed by atoms with van der Waals surface area (Å²) in [7, 11) is 1.89. The number of amides is 1. The summed E-state index contributed by atoms with van der Waals surface area (Å²) in [6, 6.07) is 0.781. The Hall–Kier alpha value is -0.980. The van der Waals surface area contributed by atoms with Crippen LogP contribution in [0, 0.1) is 0 Å².